The number of aromatic nitrogens is 5. The second-order valence-corrected chi connectivity index (χ2v) is 16.9. The van der Waals surface area contributed by atoms with E-state index in [1.54, 1.807) is 11.3 Å². The summed E-state index contributed by atoms with van der Waals surface area (Å²) in [7, 11) is 0. The Morgan fingerprint density at radius 1 is 0.365 bits per heavy atom. The normalized spacial score (nSPS) is 13.0. The molecule has 1 spiro atoms. The predicted molar refractivity (Wildman–Crippen MR) is 253 cm³/mol. The van der Waals surface area contributed by atoms with E-state index >= 15 is 0 Å². The SMILES string of the molecule is c1ccc(-c2nc(-c3ccccc3)nc(-c3cccc4c3-c3c(-c5nc(-c6ccccc6)nc6c5sc5ccccc56)cccc3C43c4ccccc4Oc4ccccc43)n2)cc1. The van der Waals surface area contributed by atoms with Gasteiger partial charge >= 0.3 is 0 Å². The molecule has 0 saturated heterocycles. The van der Waals surface area contributed by atoms with E-state index in [4.69, 9.17) is 29.7 Å². The van der Waals surface area contributed by atoms with Gasteiger partial charge < -0.3 is 4.74 Å². The number of nitrogens with zero attached hydrogens (tertiary/aromatic N) is 5. The van der Waals surface area contributed by atoms with Gasteiger partial charge in [-0.2, -0.15) is 0 Å². The number of thiophene rings is 1. The van der Waals surface area contributed by atoms with Crippen LogP contribution in [0.2, 0.25) is 0 Å². The van der Waals surface area contributed by atoms with Crippen molar-refractivity contribution in [2.45, 2.75) is 5.41 Å². The van der Waals surface area contributed by atoms with Gasteiger partial charge in [0, 0.05) is 49.0 Å². The Labute approximate surface area is 366 Å². The van der Waals surface area contributed by atoms with Crippen LogP contribution in [0.4, 0.5) is 0 Å². The van der Waals surface area contributed by atoms with E-state index in [0.717, 1.165) is 98.7 Å². The molecular weight excluding hydrogens is 791 g/mol. The first-order chi connectivity index (χ1) is 31.2. The van der Waals surface area contributed by atoms with E-state index < -0.39 is 5.41 Å². The first kappa shape index (κ1) is 35.6. The number of hydrogen-bond donors (Lipinski definition) is 0. The minimum atomic E-state index is -0.756. The third kappa shape index (κ3) is 5.33. The van der Waals surface area contributed by atoms with Crippen molar-refractivity contribution < 1.29 is 4.74 Å². The zero-order chi connectivity index (χ0) is 41.5. The average molecular weight is 824 g/mol. The Morgan fingerprint density at radius 3 is 1.43 bits per heavy atom. The molecule has 6 nitrogen and oxygen atoms in total. The zero-order valence-corrected chi connectivity index (χ0v) is 34.4. The van der Waals surface area contributed by atoms with E-state index in [9.17, 15) is 0 Å². The largest absolute Gasteiger partial charge is 0.457 e. The molecule has 0 saturated carbocycles. The minimum Gasteiger partial charge on any atom is -0.457 e. The van der Waals surface area contributed by atoms with Crippen LogP contribution in [0, 0.1) is 0 Å². The van der Waals surface area contributed by atoms with Crippen LogP contribution in [0.15, 0.2) is 200 Å². The molecular formula is C56H33N5OS. The molecule has 0 unspecified atom stereocenters. The molecule has 0 radical (unpaired) electrons. The maximum atomic E-state index is 6.76. The van der Waals surface area contributed by atoms with Gasteiger partial charge in [0.25, 0.3) is 0 Å². The number of rotatable bonds is 5. The summed E-state index contributed by atoms with van der Waals surface area (Å²) in [6, 6.07) is 69.4. The Morgan fingerprint density at radius 2 is 0.825 bits per heavy atom. The Hall–Kier alpha value is -8.13. The maximum Gasteiger partial charge on any atom is 0.164 e. The van der Waals surface area contributed by atoms with Crippen LogP contribution in [0.3, 0.4) is 0 Å². The van der Waals surface area contributed by atoms with E-state index in [1.807, 2.05) is 54.6 Å². The van der Waals surface area contributed by atoms with Gasteiger partial charge in [-0.15, -0.1) is 11.3 Å². The maximum absolute atomic E-state index is 6.76. The van der Waals surface area contributed by atoms with Crippen molar-refractivity contribution in [3.05, 3.63) is 222 Å². The fraction of sp³-hybridized carbons (Fsp3) is 0.0179. The highest BCUT2D eigenvalue weighted by Crippen LogP contribution is 2.65. The van der Waals surface area contributed by atoms with Crippen LogP contribution < -0.4 is 4.74 Å². The molecule has 4 heterocycles. The topological polar surface area (TPSA) is 73.7 Å². The van der Waals surface area contributed by atoms with Crippen molar-refractivity contribution in [2.75, 3.05) is 0 Å². The van der Waals surface area contributed by atoms with Gasteiger partial charge in [0.15, 0.2) is 23.3 Å². The quantitative estimate of drug-likeness (QED) is 0.172. The van der Waals surface area contributed by atoms with Gasteiger partial charge in [-0.05, 0) is 40.5 Å². The summed E-state index contributed by atoms with van der Waals surface area (Å²) in [5.41, 5.74) is 12.3. The summed E-state index contributed by atoms with van der Waals surface area (Å²) < 4.78 is 8.96. The van der Waals surface area contributed by atoms with E-state index in [-0.39, 0.29) is 0 Å². The molecule has 3 aromatic heterocycles. The summed E-state index contributed by atoms with van der Waals surface area (Å²) in [5, 5.41) is 1.11. The lowest BCUT2D eigenvalue weighted by molar-refractivity contribution is 0.436. The smallest absolute Gasteiger partial charge is 0.164 e. The Kier molecular flexibility index (Phi) is 7.89. The summed E-state index contributed by atoms with van der Waals surface area (Å²) in [4.78, 5) is 26.6. The predicted octanol–water partition coefficient (Wildman–Crippen LogP) is 13.8. The van der Waals surface area contributed by atoms with Crippen LogP contribution in [0.1, 0.15) is 22.3 Å². The van der Waals surface area contributed by atoms with Gasteiger partial charge in [-0.1, -0.05) is 182 Å². The summed E-state index contributed by atoms with van der Waals surface area (Å²) in [5.74, 6) is 4.13. The van der Waals surface area contributed by atoms with Crippen molar-refractivity contribution in [1.82, 2.24) is 24.9 Å². The highest BCUT2D eigenvalue weighted by atomic mass is 32.1. The Bertz CT molecular complexity index is 3500. The molecule has 0 fully saturated rings. The second kappa shape index (κ2) is 14.0. The molecule has 0 amide bonds. The Balaban J connectivity index is 1.18. The fourth-order valence-corrected chi connectivity index (χ4v) is 10.9. The lowest BCUT2D eigenvalue weighted by atomic mass is 9.66. The van der Waals surface area contributed by atoms with Crippen molar-refractivity contribution >= 4 is 31.6 Å². The van der Waals surface area contributed by atoms with Crippen molar-refractivity contribution in [3.63, 3.8) is 0 Å². The lowest BCUT2D eigenvalue weighted by Gasteiger charge is -2.39. The van der Waals surface area contributed by atoms with Crippen LogP contribution in [0.25, 0.3) is 88.2 Å². The van der Waals surface area contributed by atoms with E-state index in [0.29, 0.717) is 23.3 Å². The average Bonchev–Trinajstić information content (AvgIpc) is 3.89. The van der Waals surface area contributed by atoms with Crippen molar-refractivity contribution in [3.8, 4) is 79.4 Å². The first-order valence-corrected chi connectivity index (χ1v) is 21.8. The van der Waals surface area contributed by atoms with Crippen molar-refractivity contribution in [2.24, 2.45) is 0 Å². The zero-order valence-electron chi connectivity index (χ0n) is 33.6. The molecule has 1 aliphatic carbocycles. The molecule has 2 aliphatic rings. The van der Waals surface area contributed by atoms with Gasteiger partial charge in [0.05, 0.1) is 21.3 Å². The fourth-order valence-electron chi connectivity index (χ4n) is 9.79. The van der Waals surface area contributed by atoms with Gasteiger partial charge in [-0.3, -0.25) is 0 Å². The molecule has 13 rings (SSSR count). The molecule has 294 valence electrons. The number of ether oxygens (including phenoxy) is 1. The molecule has 0 atom stereocenters. The van der Waals surface area contributed by atoms with Crippen LogP contribution >= 0.6 is 11.3 Å². The second-order valence-electron chi connectivity index (χ2n) is 15.9. The highest BCUT2D eigenvalue weighted by Gasteiger charge is 2.52. The van der Waals surface area contributed by atoms with Crippen LogP contribution in [-0.2, 0) is 5.41 Å². The summed E-state index contributed by atoms with van der Waals surface area (Å²) >= 11 is 1.74. The molecule has 63 heavy (non-hydrogen) atoms. The third-order valence-electron chi connectivity index (χ3n) is 12.4. The number of benzene rings is 8. The monoisotopic (exact) mass is 823 g/mol. The molecule has 7 heteroatoms. The molecule has 8 aromatic carbocycles. The van der Waals surface area contributed by atoms with Crippen molar-refractivity contribution in [1.29, 1.82) is 0 Å². The molecule has 0 bridgehead atoms. The van der Waals surface area contributed by atoms with Gasteiger partial charge in [-0.25, -0.2) is 24.9 Å². The van der Waals surface area contributed by atoms with Crippen LogP contribution in [0.5, 0.6) is 11.5 Å². The third-order valence-corrected chi connectivity index (χ3v) is 13.6. The number of para-hydroxylation sites is 2. The van der Waals surface area contributed by atoms with Gasteiger partial charge in [0.1, 0.15) is 11.5 Å². The standard InChI is InChI=1S/C56H33N5OS/c1-4-18-34(19-5-1)52-57-49-37-24-10-15-33-46(37)63-51(49)50(58-52)38-25-16-29-42-47(38)48-39(55-60-53(35-20-6-2-7-21-35)59-54(61-55)36-22-8-3-9-23-36)26-17-30-43(48)56(42)40-27-11-13-31-44(40)62-45-32-14-12-28-41(45)56/h1-33H. The highest BCUT2D eigenvalue weighted by molar-refractivity contribution is 7.26. The molecule has 1 aliphatic heterocycles. The van der Waals surface area contributed by atoms with E-state index in [2.05, 4.69) is 146 Å². The van der Waals surface area contributed by atoms with Crippen LogP contribution in [-0.4, -0.2) is 24.9 Å². The molecule has 11 aromatic rings. The number of fused-ring (bicyclic) bond motifs is 12. The van der Waals surface area contributed by atoms with Gasteiger partial charge in [0.2, 0.25) is 0 Å². The minimum absolute atomic E-state index is 0.589. The first-order valence-electron chi connectivity index (χ1n) is 21.0. The summed E-state index contributed by atoms with van der Waals surface area (Å²) in [6.45, 7) is 0. The summed E-state index contributed by atoms with van der Waals surface area (Å²) in [6.07, 6.45) is 0. The molecule has 0 N–H and O–H groups in total. The van der Waals surface area contributed by atoms with E-state index in [1.165, 1.54) is 0 Å². The lowest BCUT2D eigenvalue weighted by Crippen LogP contribution is -2.32. The number of hydrogen-bond acceptors (Lipinski definition) is 7.